The van der Waals surface area contributed by atoms with Crippen LogP contribution in [0.2, 0.25) is 0 Å². The van der Waals surface area contributed by atoms with Crippen molar-refractivity contribution in [3.63, 3.8) is 0 Å². The van der Waals surface area contributed by atoms with Crippen molar-refractivity contribution < 1.29 is 19.5 Å². The smallest absolute Gasteiger partial charge is 0.228 e. The standard InChI is InChI=1S/C22H15NO4/c24-15-10-8-14(9-11-15)23-19(25)12-13-4-3-7-18-20(13)22(27)17-6-2-1-5-16(17)21(18)26/h1-11,24H,12H2,(H,23,25). The molecule has 5 heteroatoms. The summed E-state index contributed by atoms with van der Waals surface area (Å²) >= 11 is 0. The summed E-state index contributed by atoms with van der Waals surface area (Å²) in [7, 11) is 0. The van der Waals surface area contributed by atoms with Crippen LogP contribution in [0.15, 0.2) is 66.7 Å². The van der Waals surface area contributed by atoms with E-state index in [1.807, 2.05) is 0 Å². The third kappa shape index (κ3) is 3.00. The molecule has 0 spiro atoms. The highest BCUT2D eigenvalue weighted by Crippen LogP contribution is 2.29. The van der Waals surface area contributed by atoms with Crippen molar-refractivity contribution in [3.05, 3.63) is 94.5 Å². The predicted molar refractivity (Wildman–Crippen MR) is 100 cm³/mol. The molecule has 1 amide bonds. The van der Waals surface area contributed by atoms with Gasteiger partial charge in [-0.2, -0.15) is 0 Å². The van der Waals surface area contributed by atoms with Gasteiger partial charge in [-0.05, 0) is 29.8 Å². The maximum atomic E-state index is 12.9. The minimum Gasteiger partial charge on any atom is -0.508 e. The fraction of sp³-hybridized carbons (Fsp3) is 0.0455. The largest absolute Gasteiger partial charge is 0.508 e. The van der Waals surface area contributed by atoms with Gasteiger partial charge in [-0.15, -0.1) is 0 Å². The van der Waals surface area contributed by atoms with Gasteiger partial charge in [0.05, 0.1) is 6.42 Å². The minimum atomic E-state index is -0.312. The predicted octanol–water partition coefficient (Wildman–Crippen LogP) is 3.35. The molecule has 2 N–H and O–H groups in total. The molecule has 0 fully saturated rings. The van der Waals surface area contributed by atoms with Gasteiger partial charge in [0.2, 0.25) is 5.91 Å². The van der Waals surface area contributed by atoms with Crippen molar-refractivity contribution in [2.24, 2.45) is 0 Å². The Morgan fingerprint density at radius 3 is 2.11 bits per heavy atom. The molecule has 1 aliphatic carbocycles. The summed E-state index contributed by atoms with van der Waals surface area (Å²) in [5.74, 6) is -0.657. The molecule has 0 radical (unpaired) electrons. The highest BCUT2D eigenvalue weighted by Gasteiger charge is 2.31. The van der Waals surface area contributed by atoms with E-state index in [0.717, 1.165) is 0 Å². The molecular formula is C22H15NO4. The summed E-state index contributed by atoms with van der Waals surface area (Å²) in [6.07, 6.45) is -0.0365. The van der Waals surface area contributed by atoms with Crippen molar-refractivity contribution in [1.82, 2.24) is 0 Å². The Hall–Kier alpha value is -3.73. The second-order valence-electron chi connectivity index (χ2n) is 6.32. The zero-order valence-corrected chi connectivity index (χ0v) is 14.2. The van der Waals surface area contributed by atoms with Crippen LogP contribution in [0, 0.1) is 0 Å². The lowest BCUT2D eigenvalue weighted by Crippen LogP contribution is -2.24. The van der Waals surface area contributed by atoms with Gasteiger partial charge in [0.25, 0.3) is 0 Å². The van der Waals surface area contributed by atoms with Gasteiger partial charge in [0.1, 0.15) is 5.75 Å². The number of benzene rings is 3. The summed E-state index contributed by atoms with van der Waals surface area (Å²) in [5, 5.41) is 12.0. The molecule has 0 saturated carbocycles. The second-order valence-corrected chi connectivity index (χ2v) is 6.32. The van der Waals surface area contributed by atoms with Crippen molar-refractivity contribution in [2.75, 3.05) is 5.32 Å². The first-order valence-electron chi connectivity index (χ1n) is 8.44. The summed E-state index contributed by atoms with van der Waals surface area (Å²) in [5.41, 5.74) is 2.42. The van der Waals surface area contributed by atoms with Gasteiger partial charge < -0.3 is 10.4 Å². The molecule has 3 aromatic rings. The number of carbonyl (C=O) groups excluding carboxylic acids is 3. The van der Waals surface area contributed by atoms with E-state index in [9.17, 15) is 19.5 Å². The van der Waals surface area contributed by atoms with E-state index in [0.29, 0.717) is 33.5 Å². The monoisotopic (exact) mass is 357 g/mol. The summed E-state index contributed by atoms with van der Waals surface area (Å²) < 4.78 is 0. The van der Waals surface area contributed by atoms with Crippen molar-refractivity contribution >= 4 is 23.2 Å². The van der Waals surface area contributed by atoms with Crippen LogP contribution in [0.3, 0.4) is 0 Å². The molecule has 0 aromatic heterocycles. The zero-order valence-electron chi connectivity index (χ0n) is 14.2. The Morgan fingerprint density at radius 2 is 1.41 bits per heavy atom. The molecule has 0 saturated heterocycles. The quantitative estimate of drug-likeness (QED) is 0.551. The van der Waals surface area contributed by atoms with E-state index < -0.39 is 0 Å². The fourth-order valence-corrected chi connectivity index (χ4v) is 3.29. The number of aromatic hydroxyl groups is 1. The number of phenolic OH excluding ortho intramolecular Hbond substituents is 1. The SMILES string of the molecule is O=C(Cc1cccc2c1C(=O)c1ccccc1C2=O)Nc1ccc(O)cc1. The normalized spacial score (nSPS) is 12.3. The van der Waals surface area contributed by atoms with Crippen molar-refractivity contribution in [3.8, 4) is 5.75 Å². The van der Waals surface area contributed by atoms with E-state index in [4.69, 9.17) is 0 Å². The number of amides is 1. The third-order valence-electron chi connectivity index (χ3n) is 4.54. The van der Waals surface area contributed by atoms with E-state index in [1.54, 1.807) is 54.6 Å². The number of nitrogens with one attached hydrogen (secondary N) is 1. The Balaban J connectivity index is 1.66. The second kappa shape index (κ2) is 6.53. The molecule has 5 nitrogen and oxygen atoms in total. The Labute approximate surface area is 155 Å². The number of ketones is 2. The van der Waals surface area contributed by atoms with E-state index in [1.165, 1.54) is 12.1 Å². The van der Waals surface area contributed by atoms with Gasteiger partial charge in [0.15, 0.2) is 11.6 Å². The number of anilines is 1. The molecule has 0 atom stereocenters. The van der Waals surface area contributed by atoms with Gasteiger partial charge in [-0.3, -0.25) is 14.4 Å². The topological polar surface area (TPSA) is 83.5 Å². The van der Waals surface area contributed by atoms with Crippen LogP contribution >= 0.6 is 0 Å². The molecule has 3 aromatic carbocycles. The van der Waals surface area contributed by atoms with Crippen LogP contribution < -0.4 is 5.32 Å². The Bertz CT molecular complexity index is 1080. The van der Waals surface area contributed by atoms with Crippen LogP contribution in [0.4, 0.5) is 5.69 Å². The van der Waals surface area contributed by atoms with Crippen molar-refractivity contribution in [2.45, 2.75) is 6.42 Å². The molecule has 1 aliphatic rings. The number of phenols is 1. The number of carbonyl (C=O) groups is 3. The molecular weight excluding hydrogens is 342 g/mol. The average Bonchev–Trinajstić information content (AvgIpc) is 2.68. The lowest BCUT2D eigenvalue weighted by Gasteiger charge is -2.20. The number of hydrogen-bond donors (Lipinski definition) is 2. The maximum absolute atomic E-state index is 12.9. The van der Waals surface area contributed by atoms with Crippen LogP contribution in [0.25, 0.3) is 0 Å². The number of hydrogen-bond acceptors (Lipinski definition) is 4. The van der Waals surface area contributed by atoms with Crippen LogP contribution in [-0.4, -0.2) is 22.6 Å². The van der Waals surface area contributed by atoms with Gasteiger partial charge in [0, 0.05) is 27.9 Å². The lowest BCUT2D eigenvalue weighted by molar-refractivity contribution is -0.115. The minimum absolute atomic E-state index is 0.0365. The maximum Gasteiger partial charge on any atom is 0.228 e. The first kappa shape index (κ1) is 16.7. The summed E-state index contributed by atoms with van der Waals surface area (Å²) in [6.45, 7) is 0. The first-order chi connectivity index (χ1) is 13.0. The molecule has 0 aliphatic heterocycles. The molecule has 132 valence electrons. The zero-order chi connectivity index (χ0) is 19.0. The molecule has 0 heterocycles. The lowest BCUT2D eigenvalue weighted by atomic mass is 9.81. The van der Waals surface area contributed by atoms with E-state index in [2.05, 4.69) is 5.32 Å². The molecule has 0 bridgehead atoms. The number of rotatable bonds is 3. The highest BCUT2D eigenvalue weighted by molar-refractivity contribution is 6.29. The molecule has 27 heavy (non-hydrogen) atoms. The number of fused-ring (bicyclic) bond motifs is 2. The van der Waals surface area contributed by atoms with Gasteiger partial charge >= 0.3 is 0 Å². The molecule has 0 unspecified atom stereocenters. The van der Waals surface area contributed by atoms with Crippen LogP contribution in [-0.2, 0) is 11.2 Å². The van der Waals surface area contributed by atoms with Gasteiger partial charge in [-0.1, -0.05) is 42.5 Å². The van der Waals surface area contributed by atoms with E-state index >= 15 is 0 Å². The van der Waals surface area contributed by atoms with Crippen LogP contribution in [0.1, 0.15) is 37.4 Å². The van der Waals surface area contributed by atoms with Crippen molar-refractivity contribution in [1.29, 1.82) is 0 Å². The Kier molecular flexibility index (Phi) is 4.05. The Morgan fingerprint density at radius 1 is 0.778 bits per heavy atom. The summed E-state index contributed by atoms with van der Waals surface area (Å²) in [4.78, 5) is 38.1. The third-order valence-corrected chi connectivity index (χ3v) is 4.54. The highest BCUT2D eigenvalue weighted by atomic mass is 16.3. The van der Waals surface area contributed by atoms with Gasteiger partial charge in [-0.25, -0.2) is 0 Å². The average molecular weight is 357 g/mol. The molecule has 4 rings (SSSR count). The fourth-order valence-electron chi connectivity index (χ4n) is 3.29. The first-order valence-corrected chi connectivity index (χ1v) is 8.44. The summed E-state index contributed by atoms with van der Waals surface area (Å²) in [6, 6.07) is 17.8. The van der Waals surface area contributed by atoms with E-state index in [-0.39, 0.29) is 29.6 Å². The van der Waals surface area contributed by atoms with Crippen LogP contribution in [0.5, 0.6) is 5.75 Å².